The zero-order valence-electron chi connectivity index (χ0n) is 8.45. The Hall–Kier alpha value is -0.670. The standard InChI is InChI=1S/C11H14O2S/c1-7-3-4-10(14-7)11(12)9-5-6-13-8(9)2/h3-4,8-9H,5-6H2,1-2H3. The van der Waals surface area contributed by atoms with Crippen molar-refractivity contribution in [2.75, 3.05) is 6.61 Å². The van der Waals surface area contributed by atoms with Crippen LogP contribution in [0.15, 0.2) is 12.1 Å². The molecule has 2 heterocycles. The third kappa shape index (κ3) is 1.74. The van der Waals surface area contributed by atoms with Gasteiger partial charge in [0.1, 0.15) is 0 Å². The smallest absolute Gasteiger partial charge is 0.178 e. The molecule has 1 aromatic rings. The number of thiophene rings is 1. The fraction of sp³-hybridized carbons (Fsp3) is 0.545. The second-order valence-electron chi connectivity index (χ2n) is 3.75. The number of Topliss-reactive ketones (excluding diaryl/α,β-unsaturated/α-hetero) is 1. The number of rotatable bonds is 2. The Balaban J connectivity index is 2.15. The molecule has 2 atom stereocenters. The van der Waals surface area contributed by atoms with Crippen molar-refractivity contribution in [1.82, 2.24) is 0 Å². The van der Waals surface area contributed by atoms with Gasteiger partial charge in [-0.15, -0.1) is 11.3 Å². The van der Waals surface area contributed by atoms with Crippen LogP contribution in [0.1, 0.15) is 27.9 Å². The second-order valence-corrected chi connectivity index (χ2v) is 5.03. The molecule has 1 aliphatic heterocycles. The lowest BCUT2D eigenvalue weighted by Gasteiger charge is -2.10. The summed E-state index contributed by atoms with van der Waals surface area (Å²) in [5, 5.41) is 0. The average Bonchev–Trinajstić information content (AvgIpc) is 2.73. The zero-order valence-corrected chi connectivity index (χ0v) is 9.26. The van der Waals surface area contributed by atoms with Crippen LogP contribution in [-0.4, -0.2) is 18.5 Å². The van der Waals surface area contributed by atoms with E-state index in [0.29, 0.717) is 0 Å². The molecular weight excluding hydrogens is 196 g/mol. The van der Waals surface area contributed by atoms with Crippen molar-refractivity contribution in [2.24, 2.45) is 5.92 Å². The lowest BCUT2D eigenvalue weighted by Crippen LogP contribution is -2.20. The van der Waals surface area contributed by atoms with Gasteiger partial charge in [0.05, 0.1) is 16.9 Å². The highest BCUT2D eigenvalue weighted by molar-refractivity contribution is 7.14. The maximum atomic E-state index is 12.0. The summed E-state index contributed by atoms with van der Waals surface area (Å²) in [4.78, 5) is 14.1. The number of ketones is 1. The van der Waals surface area contributed by atoms with Gasteiger partial charge >= 0.3 is 0 Å². The van der Waals surface area contributed by atoms with Crippen molar-refractivity contribution in [3.8, 4) is 0 Å². The van der Waals surface area contributed by atoms with Crippen molar-refractivity contribution in [3.63, 3.8) is 0 Å². The van der Waals surface area contributed by atoms with Gasteiger partial charge in [0, 0.05) is 11.5 Å². The fourth-order valence-electron chi connectivity index (χ4n) is 1.83. The summed E-state index contributed by atoms with van der Waals surface area (Å²) in [5.74, 6) is 0.334. The highest BCUT2D eigenvalue weighted by Gasteiger charge is 2.31. The minimum Gasteiger partial charge on any atom is -0.378 e. The van der Waals surface area contributed by atoms with Gasteiger partial charge < -0.3 is 4.74 Å². The van der Waals surface area contributed by atoms with E-state index in [4.69, 9.17) is 4.74 Å². The van der Waals surface area contributed by atoms with Gasteiger partial charge in [0.2, 0.25) is 0 Å². The Kier molecular flexibility index (Phi) is 2.70. The van der Waals surface area contributed by atoms with Gasteiger partial charge in [0.15, 0.2) is 5.78 Å². The second kappa shape index (κ2) is 3.83. The number of hydrogen-bond donors (Lipinski definition) is 0. The van der Waals surface area contributed by atoms with Crippen LogP contribution < -0.4 is 0 Å². The molecule has 14 heavy (non-hydrogen) atoms. The summed E-state index contributed by atoms with van der Waals surface area (Å²) in [5.41, 5.74) is 0. The van der Waals surface area contributed by atoms with Crippen molar-refractivity contribution in [2.45, 2.75) is 26.4 Å². The predicted molar refractivity (Wildman–Crippen MR) is 56.9 cm³/mol. The first-order valence-electron chi connectivity index (χ1n) is 4.91. The summed E-state index contributed by atoms with van der Waals surface area (Å²) in [7, 11) is 0. The van der Waals surface area contributed by atoms with Crippen LogP contribution in [0.3, 0.4) is 0 Å². The summed E-state index contributed by atoms with van der Waals surface area (Å²) < 4.78 is 5.40. The first-order valence-corrected chi connectivity index (χ1v) is 5.72. The summed E-state index contributed by atoms with van der Waals surface area (Å²) in [6, 6.07) is 3.92. The third-order valence-corrected chi connectivity index (χ3v) is 3.71. The quantitative estimate of drug-likeness (QED) is 0.701. The molecule has 2 unspecified atom stereocenters. The summed E-state index contributed by atoms with van der Waals surface area (Å²) in [6.07, 6.45) is 0.960. The van der Waals surface area contributed by atoms with E-state index >= 15 is 0 Å². The van der Waals surface area contributed by atoms with E-state index in [1.54, 1.807) is 11.3 Å². The average molecular weight is 210 g/mol. The van der Waals surface area contributed by atoms with Crippen LogP contribution in [-0.2, 0) is 4.74 Å². The number of ether oxygens (including phenoxy) is 1. The SMILES string of the molecule is Cc1ccc(C(=O)C2CCOC2C)s1. The Morgan fingerprint density at radius 2 is 2.36 bits per heavy atom. The molecule has 3 heteroatoms. The maximum absolute atomic E-state index is 12.0. The van der Waals surface area contributed by atoms with Crippen LogP contribution in [0.2, 0.25) is 0 Å². The number of carbonyl (C=O) groups is 1. The summed E-state index contributed by atoms with van der Waals surface area (Å²) >= 11 is 1.58. The number of carbonyl (C=O) groups excluding carboxylic acids is 1. The molecule has 1 fully saturated rings. The normalized spacial score (nSPS) is 26.7. The van der Waals surface area contributed by atoms with Gasteiger partial charge in [-0.1, -0.05) is 0 Å². The van der Waals surface area contributed by atoms with Crippen molar-refractivity contribution >= 4 is 17.1 Å². The number of hydrogen-bond acceptors (Lipinski definition) is 3. The van der Waals surface area contributed by atoms with Gasteiger partial charge in [-0.2, -0.15) is 0 Å². The molecule has 0 N–H and O–H groups in total. The van der Waals surface area contributed by atoms with E-state index < -0.39 is 0 Å². The topological polar surface area (TPSA) is 26.3 Å². The Bertz CT molecular complexity index is 343. The molecule has 0 aliphatic carbocycles. The van der Waals surface area contributed by atoms with E-state index in [0.717, 1.165) is 17.9 Å². The molecule has 0 saturated carbocycles. The lowest BCUT2D eigenvalue weighted by atomic mass is 9.96. The minimum atomic E-state index is 0.0769. The fourth-order valence-corrected chi connectivity index (χ4v) is 2.70. The number of aryl methyl sites for hydroxylation is 1. The van der Waals surface area contributed by atoms with E-state index in [2.05, 4.69) is 0 Å². The van der Waals surface area contributed by atoms with E-state index in [-0.39, 0.29) is 17.8 Å². The van der Waals surface area contributed by atoms with Crippen LogP contribution in [0.4, 0.5) is 0 Å². The van der Waals surface area contributed by atoms with Gasteiger partial charge in [-0.3, -0.25) is 4.79 Å². The summed E-state index contributed by atoms with van der Waals surface area (Å²) in [6.45, 7) is 4.73. The zero-order chi connectivity index (χ0) is 10.1. The molecule has 1 saturated heterocycles. The van der Waals surface area contributed by atoms with Crippen molar-refractivity contribution in [3.05, 3.63) is 21.9 Å². The molecule has 0 radical (unpaired) electrons. The molecule has 0 aromatic carbocycles. The van der Waals surface area contributed by atoms with Gasteiger partial charge in [-0.25, -0.2) is 0 Å². The van der Waals surface area contributed by atoms with E-state index in [1.807, 2.05) is 26.0 Å². The Labute approximate surface area is 87.9 Å². The highest BCUT2D eigenvalue weighted by atomic mass is 32.1. The lowest BCUT2D eigenvalue weighted by molar-refractivity contribution is 0.0768. The molecule has 0 amide bonds. The monoisotopic (exact) mass is 210 g/mol. The van der Waals surface area contributed by atoms with Crippen molar-refractivity contribution < 1.29 is 9.53 Å². The van der Waals surface area contributed by atoms with Crippen LogP contribution in [0, 0.1) is 12.8 Å². The first kappa shape index (κ1) is 9.87. The Morgan fingerprint density at radius 3 is 2.86 bits per heavy atom. The van der Waals surface area contributed by atoms with Crippen LogP contribution in [0.25, 0.3) is 0 Å². The molecular formula is C11H14O2S. The highest BCUT2D eigenvalue weighted by Crippen LogP contribution is 2.27. The van der Waals surface area contributed by atoms with Crippen LogP contribution >= 0.6 is 11.3 Å². The van der Waals surface area contributed by atoms with Gasteiger partial charge in [0.25, 0.3) is 0 Å². The molecule has 1 aliphatic rings. The molecule has 1 aromatic heterocycles. The maximum Gasteiger partial charge on any atom is 0.178 e. The molecule has 76 valence electrons. The molecule has 2 nitrogen and oxygen atoms in total. The van der Waals surface area contributed by atoms with E-state index in [1.165, 1.54) is 4.88 Å². The van der Waals surface area contributed by atoms with Gasteiger partial charge in [-0.05, 0) is 32.4 Å². The Morgan fingerprint density at radius 1 is 1.57 bits per heavy atom. The minimum absolute atomic E-state index is 0.0769. The first-order chi connectivity index (χ1) is 6.68. The third-order valence-electron chi connectivity index (χ3n) is 2.70. The molecule has 2 rings (SSSR count). The van der Waals surface area contributed by atoms with Crippen LogP contribution in [0.5, 0.6) is 0 Å². The predicted octanol–water partition coefficient (Wildman–Crippen LogP) is 2.66. The van der Waals surface area contributed by atoms with Crippen molar-refractivity contribution in [1.29, 1.82) is 0 Å². The molecule has 0 bridgehead atoms. The van der Waals surface area contributed by atoms with E-state index in [9.17, 15) is 4.79 Å². The largest absolute Gasteiger partial charge is 0.378 e. The molecule has 0 spiro atoms.